The van der Waals surface area contributed by atoms with Gasteiger partial charge < -0.3 is 10.6 Å². The molecule has 1 aliphatic carbocycles. The summed E-state index contributed by atoms with van der Waals surface area (Å²) in [7, 11) is 0. The Labute approximate surface area is 110 Å². The lowest BCUT2D eigenvalue weighted by atomic mass is 9.73. The second-order valence-electron chi connectivity index (χ2n) is 6.50. The third kappa shape index (κ3) is 1.45. The summed E-state index contributed by atoms with van der Waals surface area (Å²) in [5.41, 5.74) is 9.65. The van der Waals surface area contributed by atoms with Crippen molar-refractivity contribution in [3.8, 4) is 0 Å². The van der Waals surface area contributed by atoms with Crippen molar-refractivity contribution in [2.45, 2.75) is 45.1 Å². The molecule has 2 N–H and O–H groups in total. The van der Waals surface area contributed by atoms with Gasteiger partial charge in [0.25, 0.3) is 0 Å². The van der Waals surface area contributed by atoms with Gasteiger partial charge in [0.15, 0.2) is 0 Å². The van der Waals surface area contributed by atoms with Crippen LogP contribution < -0.4 is 10.6 Å². The zero-order valence-electron chi connectivity index (χ0n) is 11.6. The third-order valence-corrected chi connectivity index (χ3v) is 5.39. The first-order valence-corrected chi connectivity index (χ1v) is 7.16. The highest BCUT2D eigenvalue weighted by molar-refractivity contribution is 5.60. The average molecular weight is 244 g/mol. The lowest BCUT2D eigenvalue weighted by molar-refractivity contribution is 0.202. The first-order valence-electron chi connectivity index (χ1n) is 7.16. The van der Waals surface area contributed by atoms with Crippen LogP contribution in [0.15, 0.2) is 24.3 Å². The van der Waals surface area contributed by atoms with Gasteiger partial charge in [0.05, 0.1) is 5.54 Å². The Bertz CT molecular complexity index is 452. The average Bonchev–Trinajstić information content (AvgIpc) is 2.90. The van der Waals surface area contributed by atoms with Gasteiger partial charge in [-0.15, -0.1) is 0 Å². The van der Waals surface area contributed by atoms with E-state index in [1.807, 2.05) is 0 Å². The molecule has 98 valence electrons. The third-order valence-electron chi connectivity index (χ3n) is 5.39. The van der Waals surface area contributed by atoms with Crippen molar-refractivity contribution in [1.82, 2.24) is 0 Å². The normalized spacial score (nSPS) is 29.6. The van der Waals surface area contributed by atoms with Crippen LogP contribution >= 0.6 is 0 Å². The highest BCUT2D eigenvalue weighted by atomic mass is 15.2. The molecule has 1 aliphatic heterocycles. The van der Waals surface area contributed by atoms with Crippen molar-refractivity contribution < 1.29 is 0 Å². The standard InChI is InChI=1S/C16H24N2/c1-15(2)9-5-10-16(15,12-17)18-11-8-13-6-3-4-7-14(13)18/h3-4,6-7H,5,8-12,17H2,1-2H3. The molecule has 2 aliphatic rings. The zero-order chi connectivity index (χ0) is 12.8. The van der Waals surface area contributed by atoms with Crippen LogP contribution in [0, 0.1) is 5.41 Å². The van der Waals surface area contributed by atoms with Crippen LogP contribution in [0.5, 0.6) is 0 Å². The van der Waals surface area contributed by atoms with E-state index in [9.17, 15) is 0 Å². The molecule has 1 aromatic carbocycles. The van der Waals surface area contributed by atoms with Crippen molar-refractivity contribution >= 4 is 5.69 Å². The Balaban J connectivity index is 2.05. The molecule has 1 aromatic rings. The van der Waals surface area contributed by atoms with E-state index in [1.54, 1.807) is 0 Å². The summed E-state index contributed by atoms with van der Waals surface area (Å²) < 4.78 is 0. The van der Waals surface area contributed by atoms with Crippen LogP contribution in [-0.2, 0) is 6.42 Å². The van der Waals surface area contributed by atoms with E-state index in [2.05, 4.69) is 43.0 Å². The van der Waals surface area contributed by atoms with E-state index < -0.39 is 0 Å². The minimum absolute atomic E-state index is 0.166. The number of anilines is 1. The van der Waals surface area contributed by atoms with Crippen molar-refractivity contribution in [2.24, 2.45) is 11.1 Å². The Morgan fingerprint density at radius 3 is 2.67 bits per heavy atom. The van der Waals surface area contributed by atoms with Crippen molar-refractivity contribution in [2.75, 3.05) is 18.0 Å². The van der Waals surface area contributed by atoms with Crippen molar-refractivity contribution in [3.63, 3.8) is 0 Å². The molecular weight excluding hydrogens is 220 g/mol. The molecule has 0 bridgehead atoms. The summed E-state index contributed by atoms with van der Waals surface area (Å²) in [6.45, 7) is 6.70. The van der Waals surface area contributed by atoms with Crippen LogP contribution in [0.3, 0.4) is 0 Å². The fourth-order valence-electron chi connectivity index (χ4n) is 4.17. The molecule has 3 rings (SSSR count). The lowest BCUT2D eigenvalue weighted by Gasteiger charge is -2.49. The molecule has 1 unspecified atom stereocenters. The van der Waals surface area contributed by atoms with Gasteiger partial charge in [0.1, 0.15) is 0 Å². The quantitative estimate of drug-likeness (QED) is 0.866. The van der Waals surface area contributed by atoms with Gasteiger partial charge in [0.2, 0.25) is 0 Å². The van der Waals surface area contributed by atoms with E-state index in [0.29, 0.717) is 5.41 Å². The fourth-order valence-corrected chi connectivity index (χ4v) is 4.17. The lowest BCUT2D eigenvalue weighted by Crippen LogP contribution is -2.59. The van der Waals surface area contributed by atoms with Crippen LogP contribution in [0.4, 0.5) is 5.69 Å². The van der Waals surface area contributed by atoms with E-state index in [4.69, 9.17) is 5.73 Å². The molecule has 0 spiro atoms. The monoisotopic (exact) mass is 244 g/mol. The highest BCUT2D eigenvalue weighted by Gasteiger charge is 2.52. The molecule has 1 fully saturated rings. The van der Waals surface area contributed by atoms with Crippen LogP contribution in [0.1, 0.15) is 38.7 Å². The molecule has 2 heteroatoms. The number of benzene rings is 1. The predicted molar refractivity (Wildman–Crippen MR) is 76.9 cm³/mol. The van der Waals surface area contributed by atoms with Crippen molar-refractivity contribution in [3.05, 3.63) is 29.8 Å². The first kappa shape index (κ1) is 12.0. The Morgan fingerprint density at radius 1 is 1.22 bits per heavy atom. The maximum atomic E-state index is 6.24. The summed E-state index contributed by atoms with van der Waals surface area (Å²) in [6, 6.07) is 8.84. The van der Waals surface area contributed by atoms with Gasteiger partial charge in [-0.3, -0.25) is 0 Å². The Morgan fingerprint density at radius 2 is 2.00 bits per heavy atom. The minimum atomic E-state index is 0.166. The molecular formula is C16H24N2. The number of nitrogens with two attached hydrogens (primary N) is 1. The maximum Gasteiger partial charge on any atom is 0.0575 e. The molecule has 1 atom stereocenters. The van der Waals surface area contributed by atoms with Gasteiger partial charge in [-0.1, -0.05) is 38.5 Å². The summed E-state index contributed by atoms with van der Waals surface area (Å²) in [6.07, 6.45) is 5.02. The molecule has 0 radical (unpaired) electrons. The Hall–Kier alpha value is -1.02. The van der Waals surface area contributed by atoms with E-state index >= 15 is 0 Å². The molecule has 0 aromatic heterocycles. The van der Waals surface area contributed by atoms with Crippen LogP contribution in [0.2, 0.25) is 0 Å². The molecule has 1 heterocycles. The van der Waals surface area contributed by atoms with Gasteiger partial charge in [-0.05, 0) is 36.3 Å². The summed E-state index contributed by atoms with van der Waals surface area (Å²) in [4.78, 5) is 2.62. The smallest absolute Gasteiger partial charge is 0.0575 e. The highest BCUT2D eigenvalue weighted by Crippen LogP contribution is 2.52. The van der Waals surface area contributed by atoms with Crippen LogP contribution in [-0.4, -0.2) is 18.6 Å². The molecule has 0 amide bonds. The van der Waals surface area contributed by atoms with E-state index in [-0.39, 0.29) is 5.54 Å². The summed E-state index contributed by atoms with van der Waals surface area (Å²) in [5, 5.41) is 0. The number of hydrogen-bond acceptors (Lipinski definition) is 2. The number of hydrogen-bond donors (Lipinski definition) is 1. The first-order chi connectivity index (χ1) is 8.61. The summed E-state index contributed by atoms with van der Waals surface area (Å²) in [5.74, 6) is 0. The number of rotatable bonds is 2. The Kier molecular flexibility index (Phi) is 2.67. The fraction of sp³-hybridized carbons (Fsp3) is 0.625. The van der Waals surface area contributed by atoms with Gasteiger partial charge >= 0.3 is 0 Å². The molecule has 18 heavy (non-hydrogen) atoms. The van der Waals surface area contributed by atoms with Gasteiger partial charge in [0, 0.05) is 18.8 Å². The van der Waals surface area contributed by atoms with Gasteiger partial charge in [-0.2, -0.15) is 0 Å². The predicted octanol–water partition coefficient (Wildman–Crippen LogP) is 2.96. The second kappa shape index (κ2) is 3.99. The number of fused-ring (bicyclic) bond motifs is 1. The van der Waals surface area contributed by atoms with Crippen LogP contribution in [0.25, 0.3) is 0 Å². The molecule has 2 nitrogen and oxygen atoms in total. The summed E-state index contributed by atoms with van der Waals surface area (Å²) >= 11 is 0. The largest absolute Gasteiger partial charge is 0.363 e. The van der Waals surface area contributed by atoms with Gasteiger partial charge in [-0.25, -0.2) is 0 Å². The molecule has 0 saturated heterocycles. The van der Waals surface area contributed by atoms with Crippen molar-refractivity contribution in [1.29, 1.82) is 0 Å². The zero-order valence-corrected chi connectivity index (χ0v) is 11.6. The molecule has 1 saturated carbocycles. The number of para-hydroxylation sites is 1. The minimum Gasteiger partial charge on any atom is -0.363 e. The van der Waals surface area contributed by atoms with E-state index in [1.165, 1.54) is 36.9 Å². The second-order valence-corrected chi connectivity index (χ2v) is 6.50. The van der Waals surface area contributed by atoms with E-state index in [0.717, 1.165) is 13.1 Å². The maximum absolute atomic E-state index is 6.24. The topological polar surface area (TPSA) is 29.3 Å². The SMILES string of the molecule is CC1(C)CCCC1(CN)N1CCc2ccccc21. The number of nitrogens with zero attached hydrogens (tertiary/aromatic N) is 1.